The normalized spacial score (nSPS) is 17.0. The van der Waals surface area contributed by atoms with E-state index in [4.69, 9.17) is 9.47 Å². The molecule has 0 saturated carbocycles. The van der Waals surface area contributed by atoms with Crippen molar-refractivity contribution in [3.8, 4) is 11.5 Å². The van der Waals surface area contributed by atoms with Gasteiger partial charge in [0.2, 0.25) is 0 Å². The van der Waals surface area contributed by atoms with E-state index in [1.807, 2.05) is 43.3 Å². The third-order valence-corrected chi connectivity index (χ3v) is 4.38. The van der Waals surface area contributed by atoms with E-state index >= 15 is 0 Å². The number of nitrogens with one attached hydrogen (secondary N) is 1. The Balaban J connectivity index is 1.98. The fourth-order valence-corrected chi connectivity index (χ4v) is 3.04. The van der Waals surface area contributed by atoms with E-state index in [1.165, 1.54) is 0 Å². The quantitative estimate of drug-likeness (QED) is 0.925. The Kier molecular flexibility index (Phi) is 4.65. The summed E-state index contributed by atoms with van der Waals surface area (Å²) in [5.41, 5.74) is 3.46. The summed E-state index contributed by atoms with van der Waals surface area (Å²) in [6.45, 7) is 2.01. The lowest BCUT2D eigenvalue weighted by atomic mass is 10.0. The van der Waals surface area contributed by atoms with Gasteiger partial charge in [-0.2, -0.15) is 0 Å². The van der Waals surface area contributed by atoms with Crippen LogP contribution in [-0.2, 0) is 0 Å². The molecule has 1 aliphatic rings. The first kappa shape index (κ1) is 16.9. The number of hydrogen-bond donors (Lipinski definition) is 1. The number of ether oxygens (including phenoxy) is 2. The number of anilines is 1. The number of fused-ring (bicyclic) bond motifs is 1. The number of rotatable bonds is 4. The number of nitrogens with zero attached hydrogens (tertiary/aromatic N) is 1. The van der Waals surface area contributed by atoms with Gasteiger partial charge in [-0.1, -0.05) is 36.4 Å². The van der Waals surface area contributed by atoms with Crippen LogP contribution in [0.25, 0.3) is 6.08 Å². The van der Waals surface area contributed by atoms with Crippen LogP contribution < -0.4 is 14.8 Å². The monoisotopic (exact) mass is 338 g/mol. The van der Waals surface area contributed by atoms with Crippen molar-refractivity contribution in [1.29, 1.82) is 0 Å². The van der Waals surface area contributed by atoms with Crippen LogP contribution in [-0.4, -0.2) is 38.2 Å². The van der Waals surface area contributed by atoms with Gasteiger partial charge in [-0.15, -0.1) is 0 Å². The molecule has 2 aromatic carbocycles. The number of carbonyl (C=O) groups excluding carboxylic acids is 1. The molecule has 25 heavy (non-hydrogen) atoms. The van der Waals surface area contributed by atoms with Gasteiger partial charge < -0.3 is 19.7 Å². The molecule has 0 radical (unpaired) electrons. The molecule has 1 N–H and O–H groups in total. The van der Waals surface area contributed by atoms with Crippen molar-refractivity contribution in [3.05, 3.63) is 59.2 Å². The van der Waals surface area contributed by atoms with Crippen LogP contribution in [0.5, 0.6) is 11.5 Å². The SMILES string of the molecule is COc1cc2c(cc1OC)C(=O)N(C)[C@@H](/C(C)=C/c1ccccc1)N2. The smallest absolute Gasteiger partial charge is 0.257 e. The van der Waals surface area contributed by atoms with Crippen LogP contribution in [0.4, 0.5) is 5.69 Å². The van der Waals surface area contributed by atoms with Gasteiger partial charge in [0.05, 0.1) is 25.5 Å². The fraction of sp³-hybridized carbons (Fsp3) is 0.250. The molecule has 130 valence electrons. The van der Waals surface area contributed by atoms with Gasteiger partial charge >= 0.3 is 0 Å². The Bertz CT molecular complexity index is 815. The lowest BCUT2D eigenvalue weighted by Crippen LogP contribution is -2.47. The third kappa shape index (κ3) is 3.18. The number of amides is 1. The lowest BCUT2D eigenvalue weighted by Gasteiger charge is -2.36. The molecule has 1 heterocycles. The van der Waals surface area contributed by atoms with Gasteiger partial charge in [-0.3, -0.25) is 4.79 Å². The molecular weight excluding hydrogens is 316 g/mol. The summed E-state index contributed by atoms with van der Waals surface area (Å²) in [6, 6.07) is 13.6. The van der Waals surface area contributed by atoms with Crippen molar-refractivity contribution in [2.75, 3.05) is 26.6 Å². The second kappa shape index (κ2) is 6.89. The van der Waals surface area contributed by atoms with E-state index < -0.39 is 0 Å². The first-order valence-electron chi connectivity index (χ1n) is 8.08. The van der Waals surface area contributed by atoms with Gasteiger partial charge in [0.15, 0.2) is 11.5 Å². The van der Waals surface area contributed by atoms with Crippen LogP contribution in [0, 0.1) is 0 Å². The maximum absolute atomic E-state index is 12.8. The Labute approximate surface area is 147 Å². The van der Waals surface area contributed by atoms with E-state index in [0.717, 1.165) is 16.8 Å². The Morgan fingerprint density at radius 2 is 1.76 bits per heavy atom. The topological polar surface area (TPSA) is 50.8 Å². The van der Waals surface area contributed by atoms with E-state index in [-0.39, 0.29) is 12.1 Å². The highest BCUT2D eigenvalue weighted by Gasteiger charge is 2.31. The highest BCUT2D eigenvalue weighted by molar-refractivity contribution is 6.02. The number of benzene rings is 2. The van der Waals surface area contributed by atoms with Crippen LogP contribution in [0.1, 0.15) is 22.8 Å². The molecule has 5 heteroatoms. The first-order chi connectivity index (χ1) is 12.0. The number of methoxy groups -OCH3 is 2. The molecule has 0 saturated heterocycles. The fourth-order valence-electron chi connectivity index (χ4n) is 3.04. The van der Waals surface area contributed by atoms with Crippen LogP contribution in [0.2, 0.25) is 0 Å². The van der Waals surface area contributed by atoms with Crippen molar-refractivity contribution in [1.82, 2.24) is 4.90 Å². The standard InChI is InChI=1S/C20H22N2O3/c1-13(10-14-8-6-5-7-9-14)19-21-16-12-18(25-4)17(24-3)11-15(16)20(23)22(19)2/h5-12,19,21H,1-4H3/b13-10+/t19-/m0/s1. The molecule has 1 amide bonds. The van der Waals surface area contributed by atoms with Gasteiger partial charge in [0, 0.05) is 13.1 Å². The van der Waals surface area contributed by atoms with Crippen molar-refractivity contribution in [2.45, 2.75) is 13.1 Å². The zero-order valence-electron chi connectivity index (χ0n) is 14.9. The molecule has 1 atom stereocenters. The highest BCUT2D eigenvalue weighted by atomic mass is 16.5. The highest BCUT2D eigenvalue weighted by Crippen LogP contribution is 2.37. The number of hydrogen-bond acceptors (Lipinski definition) is 4. The summed E-state index contributed by atoms with van der Waals surface area (Å²) in [7, 11) is 4.94. The maximum Gasteiger partial charge on any atom is 0.257 e. The summed E-state index contributed by atoms with van der Waals surface area (Å²) in [4.78, 5) is 14.5. The average Bonchev–Trinajstić information content (AvgIpc) is 2.64. The van der Waals surface area contributed by atoms with Crippen molar-refractivity contribution in [3.63, 3.8) is 0 Å². The molecule has 1 aliphatic heterocycles. The number of carbonyl (C=O) groups is 1. The molecule has 2 aromatic rings. The molecule has 0 aromatic heterocycles. The van der Waals surface area contributed by atoms with Crippen molar-refractivity contribution < 1.29 is 14.3 Å². The molecule has 0 bridgehead atoms. The summed E-state index contributed by atoms with van der Waals surface area (Å²) < 4.78 is 10.7. The van der Waals surface area contributed by atoms with Crippen LogP contribution >= 0.6 is 0 Å². The Hall–Kier alpha value is -2.95. The zero-order chi connectivity index (χ0) is 18.0. The van der Waals surface area contributed by atoms with Crippen molar-refractivity contribution >= 4 is 17.7 Å². The lowest BCUT2D eigenvalue weighted by molar-refractivity contribution is 0.0757. The van der Waals surface area contributed by atoms with E-state index in [1.54, 1.807) is 32.2 Å². The van der Waals surface area contributed by atoms with E-state index in [0.29, 0.717) is 17.1 Å². The summed E-state index contributed by atoms with van der Waals surface area (Å²) >= 11 is 0. The molecule has 0 unspecified atom stereocenters. The second-order valence-corrected chi connectivity index (χ2v) is 6.01. The summed E-state index contributed by atoms with van der Waals surface area (Å²) in [5, 5.41) is 3.42. The maximum atomic E-state index is 12.8. The van der Waals surface area contributed by atoms with Crippen LogP contribution in [0.15, 0.2) is 48.0 Å². The predicted molar refractivity (Wildman–Crippen MR) is 99.1 cm³/mol. The second-order valence-electron chi connectivity index (χ2n) is 6.01. The van der Waals surface area contributed by atoms with Gasteiger partial charge in [-0.05, 0) is 24.1 Å². The molecule has 0 fully saturated rings. The van der Waals surface area contributed by atoms with Gasteiger partial charge in [-0.25, -0.2) is 0 Å². The minimum atomic E-state index is -0.224. The van der Waals surface area contributed by atoms with E-state index in [2.05, 4.69) is 11.4 Å². The molecule has 0 aliphatic carbocycles. The largest absolute Gasteiger partial charge is 0.493 e. The molecular formula is C20H22N2O3. The first-order valence-corrected chi connectivity index (χ1v) is 8.08. The predicted octanol–water partition coefficient (Wildman–Crippen LogP) is 3.63. The van der Waals surface area contributed by atoms with Gasteiger partial charge in [0.1, 0.15) is 6.17 Å². The molecule has 5 nitrogen and oxygen atoms in total. The molecule has 0 spiro atoms. The third-order valence-electron chi connectivity index (χ3n) is 4.38. The minimum absolute atomic E-state index is 0.0551. The van der Waals surface area contributed by atoms with Crippen LogP contribution in [0.3, 0.4) is 0 Å². The molecule has 3 rings (SSSR count). The summed E-state index contributed by atoms with van der Waals surface area (Å²) in [6.07, 6.45) is 1.85. The van der Waals surface area contributed by atoms with Crippen molar-refractivity contribution in [2.24, 2.45) is 0 Å². The van der Waals surface area contributed by atoms with E-state index in [9.17, 15) is 4.79 Å². The minimum Gasteiger partial charge on any atom is -0.493 e. The van der Waals surface area contributed by atoms with Gasteiger partial charge in [0.25, 0.3) is 5.91 Å². The number of likely N-dealkylation sites (N-methyl/N-ethyl adjacent to an activating group) is 1. The Morgan fingerprint density at radius 1 is 1.12 bits per heavy atom. The summed E-state index contributed by atoms with van der Waals surface area (Å²) in [5.74, 6) is 1.08. The zero-order valence-corrected chi connectivity index (χ0v) is 14.9. The Morgan fingerprint density at radius 3 is 2.40 bits per heavy atom. The average molecular weight is 338 g/mol.